The number of halogens is 1. The molecule has 4 nitrogen and oxygen atoms in total. The van der Waals surface area contributed by atoms with Crippen LogP contribution in [-0.4, -0.2) is 38.1 Å². The van der Waals surface area contributed by atoms with Gasteiger partial charge in [0.05, 0.1) is 5.75 Å². The van der Waals surface area contributed by atoms with E-state index in [4.69, 9.17) is 0 Å². The molecule has 1 saturated heterocycles. The average molecular weight is 347 g/mol. The van der Waals surface area contributed by atoms with Crippen LogP contribution in [0.3, 0.4) is 0 Å². The van der Waals surface area contributed by atoms with Gasteiger partial charge in [0, 0.05) is 24.1 Å². The monoisotopic (exact) mass is 346 g/mol. The van der Waals surface area contributed by atoms with E-state index in [1.165, 1.54) is 4.31 Å². The van der Waals surface area contributed by atoms with Crippen molar-refractivity contribution in [2.45, 2.75) is 25.4 Å². The predicted octanol–water partition coefficient (Wildman–Crippen LogP) is 1.96. The second-order valence-electron chi connectivity index (χ2n) is 4.95. The number of nitrogens with zero attached hydrogens (tertiary/aromatic N) is 1. The van der Waals surface area contributed by atoms with Crippen LogP contribution in [-0.2, 0) is 16.6 Å². The molecule has 2 rings (SSSR count). The van der Waals surface area contributed by atoms with Crippen molar-refractivity contribution in [3.63, 3.8) is 0 Å². The van der Waals surface area contributed by atoms with Crippen LogP contribution in [0.25, 0.3) is 0 Å². The molecule has 1 aliphatic rings. The van der Waals surface area contributed by atoms with Crippen molar-refractivity contribution < 1.29 is 8.42 Å². The smallest absolute Gasteiger partial charge is 0.215 e. The molecule has 0 aliphatic carbocycles. The lowest BCUT2D eigenvalue weighted by atomic mass is 10.2. The standard InChI is InChI=1S/C13H19BrN2O2S/c1-16(9-11-4-6-12(14)7-5-11)19(17,18)10-13-3-2-8-15-13/h4-7,13,15H,2-3,8-10H2,1H3. The lowest BCUT2D eigenvalue weighted by molar-refractivity contribution is 0.459. The molecule has 0 radical (unpaired) electrons. The Morgan fingerprint density at radius 2 is 2.05 bits per heavy atom. The number of benzene rings is 1. The molecule has 0 spiro atoms. The average Bonchev–Trinajstić information content (AvgIpc) is 2.84. The van der Waals surface area contributed by atoms with Crippen LogP contribution in [0.15, 0.2) is 28.7 Å². The number of hydrogen-bond acceptors (Lipinski definition) is 3. The first-order valence-electron chi connectivity index (χ1n) is 6.39. The van der Waals surface area contributed by atoms with E-state index in [2.05, 4.69) is 21.2 Å². The maximum absolute atomic E-state index is 12.2. The zero-order valence-electron chi connectivity index (χ0n) is 11.0. The summed E-state index contributed by atoms with van der Waals surface area (Å²) in [4.78, 5) is 0. The highest BCUT2D eigenvalue weighted by Crippen LogP contribution is 2.15. The van der Waals surface area contributed by atoms with Gasteiger partial charge in [-0.05, 0) is 37.1 Å². The Labute approximate surface area is 123 Å². The second kappa shape index (κ2) is 6.35. The Morgan fingerprint density at radius 1 is 1.37 bits per heavy atom. The van der Waals surface area contributed by atoms with Gasteiger partial charge in [0.15, 0.2) is 0 Å². The highest BCUT2D eigenvalue weighted by molar-refractivity contribution is 9.10. The Hall–Kier alpha value is -0.430. The lowest BCUT2D eigenvalue weighted by Crippen LogP contribution is -2.37. The van der Waals surface area contributed by atoms with Crippen molar-refractivity contribution in [1.29, 1.82) is 0 Å². The molecule has 1 fully saturated rings. The number of hydrogen-bond donors (Lipinski definition) is 1. The van der Waals surface area contributed by atoms with Gasteiger partial charge in [-0.25, -0.2) is 12.7 Å². The Kier molecular flexibility index (Phi) is 5.00. The van der Waals surface area contributed by atoms with Gasteiger partial charge in [0.1, 0.15) is 0 Å². The van der Waals surface area contributed by atoms with Crippen LogP contribution < -0.4 is 5.32 Å². The van der Waals surface area contributed by atoms with Crippen molar-refractivity contribution in [2.24, 2.45) is 0 Å². The fourth-order valence-corrected chi connectivity index (χ4v) is 3.88. The Bertz CT molecular complexity index is 510. The molecule has 6 heteroatoms. The molecule has 19 heavy (non-hydrogen) atoms. The zero-order chi connectivity index (χ0) is 13.9. The first kappa shape index (κ1) is 15.0. The minimum absolute atomic E-state index is 0.109. The maximum atomic E-state index is 12.2. The summed E-state index contributed by atoms with van der Waals surface area (Å²) in [5.41, 5.74) is 0.994. The van der Waals surface area contributed by atoms with Crippen molar-refractivity contribution in [3.05, 3.63) is 34.3 Å². The Balaban J connectivity index is 1.97. The summed E-state index contributed by atoms with van der Waals surface area (Å²) < 4.78 is 26.9. The molecule has 0 saturated carbocycles. The molecule has 0 amide bonds. The number of sulfonamides is 1. The summed E-state index contributed by atoms with van der Waals surface area (Å²) in [5.74, 6) is 0.194. The Morgan fingerprint density at radius 3 is 2.63 bits per heavy atom. The lowest BCUT2D eigenvalue weighted by Gasteiger charge is -2.19. The van der Waals surface area contributed by atoms with E-state index in [1.807, 2.05) is 24.3 Å². The number of rotatable bonds is 5. The van der Waals surface area contributed by atoms with E-state index < -0.39 is 10.0 Å². The minimum Gasteiger partial charge on any atom is -0.313 e. The summed E-state index contributed by atoms with van der Waals surface area (Å²) in [6, 6.07) is 7.83. The van der Waals surface area contributed by atoms with E-state index in [1.54, 1.807) is 7.05 Å². The summed E-state index contributed by atoms with van der Waals surface area (Å²) in [6.45, 7) is 1.35. The zero-order valence-corrected chi connectivity index (χ0v) is 13.4. The van der Waals surface area contributed by atoms with Crippen LogP contribution in [0.2, 0.25) is 0 Å². The van der Waals surface area contributed by atoms with Crippen LogP contribution >= 0.6 is 15.9 Å². The van der Waals surface area contributed by atoms with Gasteiger partial charge < -0.3 is 5.32 Å². The maximum Gasteiger partial charge on any atom is 0.215 e. The van der Waals surface area contributed by atoms with Crippen LogP contribution in [0.5, 0.6) is 0 Å². The quantitative estimate of drug-likeness (QED) is 0.886. The topological polar surface area (TPSA) is 49.4 Å². The van der Waals surface area contributed by atoms with Crippen LogP contribution in [0, 0.1) is 0 Å². The molecule has 1 aliphatic heterocycles. The van der Waals surface area contributed by atoms with E-state index in [9.17, 15) is 8.42 Å². The summed E-state index contributed by atoms with van der Waals surface area (Å²) in [7, 11) is -1.55. The highest BCUT2D eigenvalue weighted by Gasteiger charge is 2.25. The summed E-state index contributed by atoms with van der Waals surface area (Å²) in [6.07, 6.45) is 2.02. The van der Waals surface area contributed by atoms with Gasteiger partial charge in [-0.1, -0.05) is 28.1 Å². The van der Waals surface area contributed by atoms with Crippen LogP contribution in [0.1, 0.15) is 18.4 Å². The van der Waals surface area contributed by atoms with Gasteiger partial charge in [0.25, 0.3) is 0 Å². The van der Waals surface area contributed by atoms with Gasteiger partial charge in [-0.15, -0.1) is 0 Å². The fraction of sp³-hybridized carbons (Fsp3) is 0.538. The SMILES string of the molecule is CN(Cc1ccc(Br)cc1)S(=O)(=O)CC1CCCN1. The van der Waals surface area contributed by atoms with Crippen molar-refractivity contribution >= 4 is 26.0 Å². The van der Waals surface area contributed by atoms with Gasteiger partial charge in [-0.3, -0.25) is 0 Å². The largest absolute Gasteiger partial charge is 0.313 e. The van der Waals surface area contributed by atoms with Gasteiger partial charge in [-0.2, -0.15) is 0 Å². The third-order valence-electron chi connectivity index (χ3n) is 3.37. The van der Waals surface area contributed by atoms with Crippen LogP contribution in [0.4, 0.5) is 0 Å². The van der Waals surface area contributed by atoms with E-state index in [-0.39, 0.29) is 11.8 Å². The van der Waals surface area contributed by atoms with Crippen molar-refractivity contribution in [2.75, 3.05) is 19.3 Å². The van der Waals surface area contributed by atoms with Gasteiger partial charge in [0.2, 0.25) is 10.0 Å². The molecule has 1 aromatic carbocycles. The molecule has 1 atom stereocenters. The van der Waals surface area contributed by atoms with Crippen molar-refractivity contribution in [3.8, 4) is 0 Å². The van der Waals surface area contributed by atoms with Crippen molar-refractivity contribution in [1.82, 2.24) is 9.62 Å². The van der Waals surface area contributed by atoms with E-state index in [0.29, 0.717) is 6.54 Å². The third kappa shape index (κ3) is 4.27. The molecular formula is C13H19BrN2O2S. The minimum atomic E-state index is -3.19. The summed E-state index contributed by atoms with van der Waals surface area (Å²) >= 11 is 3.37. The first-order chi connectivity index (χ1) is 8.97. The molecule has 1 unspecified atom stereocenters. The third-order valence-corrected chi connectivity index (χ3v) is 5.80. The molecule has 0 aromatic heterocycles. The molecular weight excluding hydrogens is 328 g/mol. The second-order valence-corrected chi connectivity index (χ2v) is 7.99. The highest BCUT2D eigenvalue weighted by atomic mass is 79.9. The van der Waals surface area contributed by atoms with E-state index >= 15 is 0 Å². The molecule has 0 bridgehead atoms. The molecule has 1 heterocycles. The normalized spacial score (nSPS) is 20.1. The predicted molar refractivity (Wildman–Crippen MR) is 80.4 cm³/mol. The summed E-state index contributed by atoms with van der Waals surface area (Å²) in [5, 5.41) is 3.23. The molecule has 1 N–H and O–H groups in total. The first-order valence-corrected chi connectivity index (χ1v) is 8.79. The number of nitrogens with one attached hydrogen (secondary N) is 1. The molecule has 1 aromatic rings. The fourth-order valence-electron chi connectivity index (χ4n) is 2.23. The van der Waals surface area contributed by atoms with Gasteiger partial charge >= 0.3 is 0 Å². The van der Waals surface area contributed by atoms with E-state index in [0.717, 1.165) is 29.4 Å². The molecule has 106 valence electrons.